The molecule has 1 aromatic carbocycles. The number of aromatic nitrogens is 2. The van der Waals surface area contributed by atoms with Crippen LogP contribution in [-0.2, 0) is 5.75 Å². The lowest BCUT2D eigenvalue weighted by Crippen LogP contribution is -2.04. The Morgan fingerprint density at radius 1 is 1.24 bits per heavy atom. The van der Waals surface area contributed by atoms with Crippen LogP contribution in [0.3, 0.4) is 0 Å². The molecule has 0 amide bonds. The Labute approximate surface area is 105 Å². The van der Waals surface area contributed by atoms with Gasteiger partial charge in [-0.05, 0) is 30.7 Å². The molecule has 0 aliphatic carbocycles. The average molecular weight is 245 g/mol. The molecule has 4 heteroatoms. The van der Waals surface area contributed by atoms with Crippen molar-refractivity contribution in [1.82, 2.24) is 9.97 Å². The summed E-state index contributed by atoms with van der Waals surface area (Å²) in [4.78, 5) is 9.59. The number of nitrogens with zero attached hydrogens (tertiary/aromatic N) is 2. The molecule has 2 N–H and O–H groups in total. The first-order chi connectivity index (χ1) is 8.25. The highest BCUT2D eigenvalue weighted by Crippen LogP contribution is 2.23. The van der Waals surface area contributed by atoms with E-state index in [2.05, 4.69) is 22.1 Å². The van der Waals surface area contributed by atoms with Crippen LogP contribution in [0.1, 0.15) is 24.4 Å². The molecule has 1 aromatic heterocycles. The SMILES string of the molecule is CC(N)c1cccc(SCc2ncccn2)c1. The Kier molecular flexibility index (Phi) is 4.12. The van der Waals surface area contributed by atoms with E-state index in [-0.39, 0.29) is 6.04 Å². The summed E-state index contributed by atoms with van der Waals surface area (Å²) in [5.41, 5.74) is 7.01. The molecule has 0 bridgehead atoms. The fourth-order valence-corrected chi connectivity index (χ4v) is 2.28. The van der Waals surface area contributed by atoms with Crippen molar-refractivity contribution in [2.75, 3.05) is 0 Å². The first kappa shape index (κ1) is 12.1. The zero-order chi connectivity index (χ0) is 12.1. The van der Waals surface area contributed by atoms with Gasteiger partial charge in [0.15, 0.2) is 0 Å². The first-order valence-electron chi connectivity index (χ1n) is 5.50. The molecule has 0 aliphatic heterocycles. The summed E-state index contributed by atoms with van der Waals surface area (Å²) < 4.78 is 0. The highest BCUT2D eigenvalue weighted by atomic mass is 32.2. The van der Waals surface area contributed by atoms with Gasteiger partial charge in [-0.15, -0.1) is 11.8 Å². The minimum Gasteiger partial charge on any atom is -0.324 e. The Bertz CT molecular complexity index is 471. The highest BCUT2D eigenvalue weighted by molar-refractivity contribution is 7.98. The van der Waals surface area contributed by atoms with E-state index in [1.165, 1.54) is 4.90 Å². The van der Waals surface area contributed by atoms with Crippen LogP contribution >= 0.6 is 11.8 Å². The van der Waals surface area contributed by atoms with Gasteiger partial charge in [0.05, 0.1) is 5.75 Å². The maximum absolute atomic E-state index is 5.86. The van der Waals surface area contributed by atoms with Gasteiger partial charge in [0.1, 0.15) is 5.82 Å². The van der Waals surface area contributed by atoms with Gasteiger partial charge in [0.25, 0.3) is 0 Å². The van der Waals surface area contributed by atoms with Crippen LogP contribution in [0.15, 0.2) is 47.6 Å². The third-order valence-corrected chi connectivity index (χ3v) is 3.36. The summed E-state index contributed by atoms with van der Waals surface area (Å²) >= 11 is 1.72. The molecular weight excluding hydrogens is 230 g/mol. The second-order valence-electron chi connectivity index (χ2n) is 3.81. The van der Waals surface area contributed by atoms with Gasteiger partial charge < -0.3 is 5.73 Å². The normalized spacial score (nSPS) is 12.4. The van der Waals surface area contributed by atoms with Crippen molar-refractivity contribution < 1.29 is 0 Å². The van der Waals surface area contributed by atoms with E-state index in [1.807, 2.05) is 25.1 Å². The first-order valence-corrected chi connectivity index (χ1v) is 6.48. The van der Waals surface area contributed by atoms with Crippen molar-refractivity contribution in [3.63, 3.8) is 0 Å². The Hall–Kier alpha value is -1.39. The summed E-state index contributed by atoms with van der Waals surface area (Å²) in [6, 6.07) is 10.2. The molecule has 1 atom stereocenters. The maximum atomic E-state index is 5.86. The predicted molar refractivity (Wildman–Crippen MR) is 70.6 cm³/mol. The zero-order valence-corrected chi connectivity index (χ0v) is 10.5. The van der Waals surface area contributed by atoms with E-state index in [4.69, 9.17) is 5.73 Å². The van der Waals surface area contributed by atoms with E-state index < -0.39 is 0 Å². The minimum absolute atomic E-state index is 0.0727. The fourth-order valence-electron chi connectivity index (χ4n) is 1.44. The fraction of sp³-hybridized carbons (Fsp3) is 0.231. The van der Waals surface area contributed by atoms with Gasteiger partial charge in [-0.25, -0.2) is 9.97 Å². The third-order valence-electron chi connectivity index (χ3n) is 2.37. The Morgan fingerprint density at radius 2 is 2.00 bits per heavy atom. The molecule has 0 spiro atoms. The molecule has 2 rings (SSSR count). The second-order valence-corrected chi connectivity index (χ2v) is 4.86. The smallest absolute Gasteiger partial charge is 0.138 e. The van der Waals surface area contributed by atoms with Crippen LogP contribution in [0.2, 0.25) is 0 Å². The van der Waals surface area contributed by atoms with E-state index >= 15 is 0 Å². The lowest BCUT2D eigenvalue weighted by Gasteiger charge is -2.07. The number of thioether (sulfide) groups is 1. The van der Waals surface area contributed by atoms with Crippen LogP contribution in [-0.4, -0.2) is 9.97 Å². The molecule has 17 heavy (non-hydrogen) atoms. The molecule has 88 valence electrons. The monoisotopic (exact) mass is 245 g/mol. The van der Waals surface area contributed by atoms with Crippen LogP contribution in [0, 0.1) is 0 Å². The molecule has 0 aliphatic rings. The van der Waals surface area contributed by atoms with Crippen LogP contribution in [0.5, 0.6) is 0 Å². The number of rotatable bonds is 4. The number of benzene rings is 1. The van der Waals surface area contributed by atoms with Gasteiger partial charge in [0, 0.05) is 23.3 Å². The number of hydrogen-bond acceptors (Lipinski definition) is 4. The van der Waals surface area contributed by atoms with Gasteiger partial charge in [0.2, 0.25) is 0 Å². The van der Waals surface area contributed by atoms with Crippen molar-refractivity contribution >= 4 is 11.8 Å². The van der Waals surface area contributed by atoms with E-state index in [0.717, 1.165) is 17.1 Å². The number of nitrogens with two attached hydrogens (primary N) is 1. The van der Waals surface area contributed by atoms with Gasteiger partial charge >= 0.3 is 0 Å². The highest BCUT2D eigenvalue weighted by Gasteiger charge is 2.02. The predicted octanol–water partition coefficient (Wildman–Crippen LogP) is 2.79. The van der Waals surface area contributed by atoms with E-state index in [1.54, 1.807) is 24.2 Å². The summed E-state index contributed by atoms with van der Waals surface area (Å²) in [5.74, 6) is 1.63. The Morgan fingerprint density at radius 3 is 2.71 bits per heavy atom. The second kappa shape index (κ2) is 5.80. The van der Waals surface area contributed by atoms with Crippen molar-refractivity contribution in [2.24, 2.45) is 5.73 Å². The number of hydrogen-bond donors (Lipinski definition) is 1. The quantitative estimate of drug-likeness (QED) is 0.842. The van der Waals surface area contributed by atoms with Crippen LogP contribution < -0.4 is 5.73 Å². The van der Waals surface area contributed by atoms with Crippen molar-refractivity contribution in [2.45, 2.75) is 23.6 Å². The van der Waals surface area contributed by atoms with Crippen molar-refractivity contribution in [3.8, 4) is 0 Å². The molecule has 1 heterocycles. The molecular formula is C13H15N3S. The largest absolute Gasteiger partial charge is 0.324 e. The molecule has 1 unspecified atom stereocenters. The third kappa shape index (κ3) is 3.54. The van der Waals surface area contributed by atoms with Crippen LogP contribution in [0.25, 0.3) is 0 Å². The van der Waals surface area contributed by atoms with Gasteiger partial charge in [-0.3, -0.25) is 0 Å². The summed E-state index contributed by atoms with van der Waals surface area (Å²) in [6.07, 6.45) is 3.53. The Balaban J connectivity index is 2.02. The standard InChI is InChI=1S/C13H15N3S/c1-10(14)11-4-2-5-12(8-11)17-9-13-15-6-3-7-16-13/h2-8,10H,9,14H2,1H3. The van der Waals surface area contributed by atoms with Crippen LogP contribution in [0.4, 0.5) is 0 Å². The molecule has 3 nitrogen and oxygen atoms in total. The topological polar surface area (TPSA) is 51.8 Å². The lowest BCUT2D eigenvalue weighted by atomic mass is 10.1. The minimum atomic E-state index is 0.0727. The molecule has 0 fully saturated rings. The molecule has 0 saturated heterocycles. The lowest BCUT2D eigenvalue weighted by molar-refractivity contribution is 0.815. The zero-order valence-electron chi connectivity index (χ0n) is 9.71. The molecule has 2 aromatic rings. The average Bonchev–Trinajstić information content (AvgIpc) is 2.38. The van der Waals surface area contributed by atoms with E-state index in [0.29, 0.717) is 0 Å². The van der Waals surface area contributed by atoms with Crippen molar-refractivity contribution in [3.05, 3.63) is 54.1 Å². The summed E-state index contributed by atoms with van der Waals surface area (Å²) in [5, 5.41) is 0. The van der Waals surface area contributed by atoms with Crippen molar-refractivity contribution in [1.29, 1.82) is 0 Å². The summed E-state index contributed by atoms with van der Waals surface area (Å²) in [6.45, 7) is 1.99. The van der Waals surface area contributed by atoms with Gasteiger partial charge in [-0.1, -0.05) is 12.1 Å². The van der Waals surface area contributed by atoms with Gasteiger partial charge in [-0.2, -0.15) is 0 Å². The molecule has 0 saturated carbocycles. The molecule has 0 radical (unpaired) electrons. The maximum Gasteiger partial charge on any atom is 0.138 e. The summed E-state index contributed by atoms with van der Waals surface area (Å²) in [7, 11) is 0. The van der Waals surface area contributed by atoms with E-state index in [9.17, 15) is 0 Å².